The Hall–Kier alpha value is -1.24. The first-order chi connectivity index (χ1) is 6.30. The smallest absolute Gasteiger partial charge is 0.207 e. The van der Waals surface area contributed by atoms with E-state index in [-0.39, 0.29) is 5.54 Å². The first kappa shape index (κ1) is 8.36. The number of rotatable bonds is 2. The lowest BCUT2D eigenvalue weighted by molar-refractivity contribution is -0.111. The summed E-state index contributed by atoms with van der Waals surface area (Å²) in [5.41, 5.74) is -0.0858. The molecule has 1 N–H and O–H groups in total. The Balaban J connectivity index is 2.15. The highest BCUT2D eigenvalue weighted by molar-refractivity contribution is 5.49. The Bertz CT molecular complexity index is 260. The number of fused-ring (bicyclic) bond motifs is 1. The molecule has 2 unspecified atom stereocenters. The molecule has 2 rings (SSSR count). The first-order valence-electron chi connectivity index (χ1n) is 4.67. The molecule has 0 spiro atoms. The Kier molecular flexibility index (Phi) is 1.87. The van der Waals surface area contributed by atoms with Crippen LogP contribution in [0.25, 0.3) is 0 Å². The summed E-state index contributed by atoms with van der Waals surface area (Å²) in [6, 6.07) is 0. The topological polar surface area (TPSA) is 56.1 Å². The van der Waals surface area contributed by atoms with Crippen LogP contribution in [0.1, 0.15) is 19.3 Å². The average Bonchev–Trinajstić information content (AvgIpc) is 2.60. The van der Waals surface area contributed by atoms with Gasteiger partial charge in [-0.05, 0) is 12.8 Å². The maximum atomic E-state index is 10.5. The summed E-state index contributed by atoms with van der Waals surface area (Å²) < 4.78 is 0. The minimum atomic E-state index is -0.0858. The highest BCUT2D eigenvalue weighted by Crippen LogP contribution is 2.40. The van der Waals surface area contributed by atoms with E-state index in [0.717, 1.165) is 25.8 Å². The minimum absolute atomic E-state index is 0.0858. The predicted molar refractivity (Wildman–Crippen MR) is 46.5 cm³/mol. The Labute approximate surface area is 77.5 Å². The lowest BCUT2D eigenvalue weighted by Crippen LogP contribution is -2.48. The number of nitrogens with one attached hydrogen (secondary N) is 1. The van der Waals surface area contributed by atoms with Gasteiger partial charge in [-0.1, -0.05) is 6.42 Å². The number of amides is 1. The van der Waals surface area contributed by atoms with Crippen LogP contribution in [0.15, 0.2) is 0 Å². The fourth-order valence-electron chi connectivity index (χ4n) is 2.72. The second kappa shape index (κ2) is 2.91. The van der Waals surface area contributed by atoms with Crippen molar-refractivity contribution >= 4 is 6.41 Å². The molecule has 2 fully saturated rings. The van der Waals surface area contributed by atoms with Gasteiger partial charge < -0.3 is 10.2 Å². The second-order valence-corrected chi connectivity index (χ2v) is 3.99. The molecule has 13 heavy (non-hydrogen) atoms. The van der Waals surface area contributed by atoms with Gasteiger partial charge in [0.05, 0.1) is 12.1 Å². The molecule has 2 atom stereocenters. The van der Waals surface area contributed by atoms with Crippen molar-refractivity contribution < 1.29 is 4.79 Å². The van der Waals surface area contributed by atoms with E-state index >= 15 is 0 Å². The molecule has 70 valence electrons. The molecule has 0 aromatic rings. The summed E-state index contributed by atoms with van der Waals surface area (Å²) in [6.07, 6.45) is 6.26. The average molecular weight is 179 g/mol. The SMILES string of the molecule is N#CN1CC2CCCC2(NC=O)C1. The predicted octanol–water partition coefficient (Wildman–Crippen LogP) is 0.0680. The van der Waals surface area contributed by atoms with Crippen LogP contribution < -0.4 is 5.32 Å². The fraction of sp³-hybridized carbons (Fsp3) is 0.778. The van der Waals surface area contributed by atoms with Gasteiger partial charge in [0, 0.05) is 12.5 Å². The molecule has 0 aromatic heterocycles. The molecule has 1 aliphatic heterocycles. The maximum absolute atomic E-state index is 10.5. The molecule has 2 aliphatic rings. The van der Waals surface area contributed by atoms with Crippen molar-refractivity contribution in [2.24, 2.45) is 5.92 Å². The van der Waals surface area contributed by atoms with Crippen LogP contribution in [0.2, 0.25) is 0 Å². The molecular weight excluding hydrogens is 166 g/mol. The van der Waals surface area contributed by atoms with Crippen molar-refractivity contribution in [2.45, 2.75) is 24.8 Å². The molecule has 0 aromatic carbocycles. The highest BCUT2D eigenvalue weighted by Gasteiger charge is 2.49. The van der Waals surface area contributed by atoms with Gasteiger partial charge in [-0.3, -0.25) is 4.79 Å². The van der Waals surface area contributed by atoms with Crippen LogP contribution in [-0.2, 0) is 4.79 Å². The van der Waals surface area contributed by atoms with Crippen LogP contribution in [0.4, 0.5) is 0 Å². The molecule has 1 saturated carbocycles. The van der Waals surface area contributed by atoms with Gasteiger partial charge in [0.25, 0.3) is 0 Å². The van der Waals surface area contributed by atoms with Crippen LogP contribution in [-0.4, -0.2) is 29.9 Å². The van der Waals surface area contributed by atoms with Gasteiger partial charge in [0.15, 0.2) is 6.19 Å². The van der Waals surface area contributed by atoms with E-state index in [1.165, 1.54) is 6.42 Å². The summed E-state index contributed by atoms with van der Waals surface area (Å²) in [4.78, 5) is 12.2. The lowest BCUT2D eigenvalue weighted by Gasteiger charge is -2.27. The number of nitrogens with zero attached hydrogens (tertiary/aromatic N) is 2. The third-order valence-electron chi connectivity index (χ3n) is 3.36. The zero-order chi connectivity index (χ0) is 9.31. The Morgan fingerprint density at radius 2 is 2.54 bits per heavy atom. The Morgan fingerprint density at radius 3 is 3.23 bits per heavy atom. The van der Waals surface area contributed by atoms with Crippen molar-refractivity contribution in [3.63, 3.8) is 0 Å². The summed E-state index contributed by atoms with van der Waals surface area (Å²) in [6.45, 7) is 1.52. The molecule has 1 aliphatic carbocycles. The van der Waals surface area contributed by atoms with Crippen molar-refractivity contribution in [1.82, 2.24) is 10.2 Å². The van der Waals surface area contributed by atoms with Gasteiger partial charge in [-0.15, -0.1) is 0 Å². The zero-order valence-corrected chi connectivity index (χ0v) is 7.49. The number of hydrogen-bond acceptors (Lipinski definition) is 3. The lowest BCUT2D eigenvalue weighted by atomic mass is 9.91. The van der Waals surface area contributed by atoms with E-state index in [1.54, 1.807) is 4.90 Å². The van der Waals surface area contributed by atoms with E-state index in [9.17, 15) is 4.79 Å². The van der Waals surface area contributed by atoms with E-state index < -0.39 is 0 Å². The molecule has 1 saturated heterocycles. The standard InChI is InChI=1S/C9H13N3O/c10-6-12-4-8-2-1-3-9(8,5-12)11-7-13/h7-8H,1-5H2,(H,11,13). The van der Waals surface area contributed by atoms with Gasteiger partial charge >= 0.3 is 0 Å². The molecule has 4 heteroatoms. The van der Waals surface area contributed by atoms with E-state index in [0.29, 0.717) is 12.5 Å². The van der Waals surface area contributed by atoms with Gasteiger partial charge in [-0.25, -0.2) is 0 Å². The molecule has 1 heterocycles. The number of hydrogen-bond donors (Lipinski definition) is 1. The number of carbonyl (C=O) groups excluding carboxylic acids is 1. The number of nitriles is 1. The second-order valence-electron chi connectivity index (χ2n) is 3.99. The van der Waals surface area contributed by atoms with Crippen LogP contribution in [0, 0.1) is 17.4 Å². The molecule has 0 radical (unpaired) electrons. The quantitative estimate of drug-likeness (QED) is 0.482. The number of carbonyl (C=O) groups is 1. The third-order valence-corrected chi connectivity index (χ3v) is 3.36. The first-order valence-corrected chi connectivity index (χ1v) is 4.67. The van der Waals surface area contributed by atoms with Crippen LogP contribution in [0.5, 0.6) is 0 Å². The van der Waals surface area contributed by atoms with E-state index in [1.807, 2.05) is 0 Å². The summed E-state index contributed by atoms with van der Waals surface area (Å²) in [5, 5.41) is 11.7. The van der Waals surface area contributed by atoms with Crippen molar-refractivity contribution in [3.8, 4) is 6.19 Å². The normalized spacial score (nSPS) is 36.8. The molecular formula is C9H13N3O. The van der Waals surface area contributed by atoms with Gasteiger partial charge in [0.1, 0.15) is 0 Å². The van der Waals surface area contributed by atoms with Crippen molar-refractivity contribution in [3.05, 3.63) is 0 Å². The largest absolute Gasteiger partial charge is 0.351 e. The van der Waals surface area contributed by atoms with Crippen LogP contribution in [0.3, 0.4) is 0 Å². The maximum Gasteiger partial charge on any atom is 0.207 e. The minimum Gasteiger partial charge on any atom is -0.351 e. The van der Waals surface area contributed by atoms with Gasteiger partial charge in [-0.2, -0.15) is 5.26 Å². The third kappa shape index (κ3) is 1.15. The highest BCUT2D eigenvalue weighted by atomic mass is 16.1. The van der Waals surface area contributed by atoms with Crippen molar-refractivity contribution in [2.75, 3.05) is 13.1 Å². The zero-order valence-electron chi connectivity index (χ0n) is 7.49. The summed E-state index contributed by atoms with van der Waals surface area (Å²) in [7, 11) is 0. The molecule has 0 bridgehead atoms. The van der Waals surface area contributed by atoms with Crippen LogP contribution >= 0.6 is 0 Å². The van der Waals surface area contributed by atoms with Gasteiger partial charge in [0.2, 0.25) is 6.41 Å². The van der Waals surface area contributed by atoms with E-state index in [2.05, 4.69) is 11.5 Å². The fourth-order valence-corrected chi connectivity index (χ4v) is 2.72. The molecule has 1 amide bonds. The summed E-state index contributed by atoms with van der Waals surface area (Å²) >= 11 is 0. The summed E-state index contributed by atoms with van der Waals surface area (Å²) in [5.74, 6) is 0.484. The van der Waals surface area contributed by atoms with E-state index in [4.69, 9.17) is 5.26 Å². The molecule has 4 nitrogen and oxygen atoms in total. The Morgan fingerprint density at radius 1 is 1.69 bits per heavy atom. The van der Waals surface area contributed by atoms with Crippen molar-refractivity contribution in [1.29, 1.82) is 5.26 Å². The monoisotopic (exact) mass is 179 g/mol. The number of likely N-dealkylation sites (tertiary alicyclic amines) is 1.